The number of nitrogens with zero attached hydrogens (tertiary/aromatic N) is 2. The van der Waals surface area contributed by atoms with Crippen LogP contribution in [-0.2, 0) is 6.54 Å². The number of amides is 2. The first-order chi connectivity index (χ1) is 13.1. The Morgan fingerprint density at radius 3 is 2.37 bits per heavy atom. The zero-order valence-electron chi connectivity index (χ0n) is 14.9. The second kappa shape index (κ2) is 8.71. The molecule has 27 heavy (non-hydrogen) atoms. The summed E-state index contributed by atoms with van der Waals surface area (Å²) < 4.78 is 0. The molecule has 1 aromatic carbocycles. The van der Waals surface area contributed by atoms with Crippen molar-refractivity contribution >= 4 is 11.8 Å². The third-order valence-electron chi connectivity index (χ3n) is 4.04. The van der Waals surface area contributed by atoms with Gasteiger partial charge in [0.2, 0.25) is 0 Å². The minimum atomic E-state index is -0.343. The lowest BCUT2D eigenvalue weighted by Gasteiger charge is -2.14. The molecular formula is C21H20N4O2. The standard InChI is InChI=1S/C21H20N4O2/c1-15(17-8-3-2-4-9-17)24-21(27)19-11-5-10-18(25-19)20(26)23-14-16-7-6-12-22-13-16/h2-13,15H,14H2,1H3,(H,23,26)(H,24,27). The van der Waals surface area contributed by atoms with Crippen LogP contribution >= 0.6 is 0 Å². The van der Waals surface area contributed by atoms with Gasteiger partial charge >= 0.3 is 0 Å². The van der Waals surface area contributed by atoms with Gasteiger partial charge in [0.15, 0.2) is 0 Å². The van der Waals surface area contributed by atoms with E-state index in [0.717, 1.165) is 11.1 Å². The summed E-state index contributed by atoms with van der Waals surface area (Å²) in [7, 11) is 0. The molecule has 0 fully saturated rings. The van der Waals surface area contributed by atoms with Gasteiger partial charge in [-0.25, -0.2) is 4.98 Å². The highest BCUT2D eigenvalue weighted by atomic mass is 16.2. The van der Waals surface area contributed by atoms with Crippen LogP contribution < -0.4 is 10.6 Å². The summed E-state index contributed by atoms with van der Waals surface area (Å²) in [5.41, 5.74) is 2.28. The summed E-state index contributed by atoms with van der Waals surface area (Å²) in [5.74, 6) is -0.669. The van der Waals surface area contributed by atoms with E-state index >= 15 is 0 Å². The highest BCUT2D eigenvalue weighted by Gasteiger charge is 2.15. The van der Waals surface area contributed by atoms with Crippen LogP contribution in [0.2, 0.25) is 0 Å². The summed E-state index contributed by atoms with van der Waals surface area (Å²) >= 11 is 0. The minimum absolute atomic E-state index is 0.163. The van der Waals surface area contributed by atoms with Gasteiger partial charge in [-0.15, -0.1) is 0 Å². The molecule has 1 unspecified atom stereocenters. The van der Waals surface area contributed by atoms with E-state index in [1.807, 2.05) is 43.3 Å². The molecule has 1 atom stereocenters. The van der Waals surface area contributed by atoms with Crippen LogP contribution in [-0.4, -0.2) is 21.8 Å². The van der Waals surface area contributed by atoms with Gasteiger partial charge in [0.1, 0.15) is 11.4 Å². The van der Waals surface area contributed by atoms with Gasteiger partial charge < -0.3 is 10.6 Å². The predicted molar refractivity (Wildman–Crippen MR) is 102 cm³/mol. The summed E-state index contributed by atoms with van der Waals surface area (Å²) in [6, 6.07) is 18.0. The third-order valence-corrected chi connectivity index (χ3v) is 4.04. The van der Waals surface area contributed by atoms with Crippen molar-refractivity contribution in [2.45, 2.75) is 19.5 Å². The van der Waals surface area contributed by atoms with E-state index in [0.29, 0.717) is 6.54 Å². The minimum Gasteiger partial charge on any atom is -0.347 e. The number of hydrogen-bond acceptors (Lipinski definition) is 4. The summed E-state index contributed by atoms with van der Waals surface area (Å²) in [6.45, 7) is 2.24. The first kappa shape index (κ1) is 18.3. The first-order valence-electron chi connectivity index (χ1n) is 8.63. The molecule has 0 aliphatic rings. The second-order valence-electron chi connectivity index (χ2n) is 6.06. The van der Waals surface area contributed by atoms with E-state index in [1.165, 1.54) is 0 Å². The maximum Gasteiger partial charge on any atom is 0.270 e. The van der Waals surface area contributed by atoms with Crippen molar-refractivity contribution in [1.29, 1.82) is 0 Å². The average molecular weight is 360 g/mol. The second-order valence-corrected chi connectivity index (χ2v) is 6.06. The zero-order valence-corrected chi connectivity index (χ0v) is 14.9. The normalized spacial score (nSPS) is 11.4. The lowest BCUT2D eigenvalue weighted by molar-refractivity contribution is 0.0933. The van der Waals surface area contributed by atoms with Crippen molar-refractivity contribution in [2.24, 2.45) is 0 Å². The zero-order chi connectivity index (χ0) is 19.1. The van der Waals surface area contributed by atoms with Crippen molar-refractivity contribution in [3.63, 3.8) is 0 Å². The van der Waals surface area contributed by atoms with E-state index in [-0.39, 0.29) is 29.2 Å². The molecule has 0 spiro atoms. The van der Waals surface area contributed by atoms with E-state index in [9.17, 15) is 9.59 Å². The Labute approximate surface area is 157 Å². The largest absolute Gasteiger partial charge is 0.347 e. The quantitative estimate of drug-likeness (QED) is 0.708. The van der Waals surface area contributed by atoms with Gasteiger partial charge in [-0.2, -0.15) is 0 Å². The number of aromatic nitrogens is 2. The molecule has 136 valence electrons. The van der Waals surface area contributed by atoms with Crippen molar-refractivity contribution in [3.8, 4) is 0 Å². The third kappa shape index (κ3) is 4.98. The van der Waals surface area contributed by atoms with E-state index in [2.05, 4.69) is 20.6 Å². The number of benzene rings is 1. The highest BCUT2D eigenvalue weighted by Crippen LogP contribution is 2.12. The molecular weight excluding hydrogens is 340 g/mol. The predicted octanol–water partition coefficient (Wildman–Crippen LogP) is 2.90. The summed E-state index contributed by atoms with van der Waals surface area (Å²) in [5, 5.41) is 5.67. The number of carbonyl (C=O) groups is 2. The summed E-state index contributed by atoms with van der Waals surface area (Å²) in [6.07, 6.45) is 3.36. The topological polar surface area (TPSA) is 84.0 Å². The van der Waals surface area contributed by atoms with Crippen molar-refractivity contribution in [2.75, 3.05) is 0 Å². The smallest absolute Gasteiger partial charge is 0.270 e. The Bertz CT molecular complexity index is 914. The Hall–Kier alpha value is -3.54. The van der Waals surface area contributed by atoms with Crippen LogP contribution in [0.4, 0.5) is 0 Å². The molecule has 0 bridgehead atoms. The average Bonchev–Trinajstić information content (AvgIpc) is 2.73. The fourth-order valence-corrected chi connectivity index (χ4v) is 2.56. The number of nitrogens with one attached hydrogen (secondary N) is 2. The van der Waals surface area contributed by atoms with Gasteiger partial charge in [-0.3, -0.25) is 14.6 Å². The molecule has 0 saturated carbocycles. The number of pyridine rings is 2. The van der Waals surface area contributed by atoms with E-state index < -0.39 is 0 Å². The molecule has 0 aliphatic carbocycles. The monoisotopic (exact) mass is 360 g/mol. The maximum absolute atomic E-state index is 12.5. The van der Waals surface area contributed by atoms with Crippen LogP contribution in [0, 0.1) is 0 Å². The van der Waals surface area contributed by atoms with E-state index in [1.54, 1.807) is 36.7 Å². The van der Waals surface area contributed by atoms with Gasteiger partial charge in [-0.05, 0) is 36.2 Å². The molecule has 3 rings (SSSR count). The van der Waals surface area contributed by atoms with Crippen LogP contribution in [0.5, 0.6) is 0 Å². The van der Waals surface area contributed by atoms with Gasteiger partial charge in [0.25, 0.3) is 11.8 Å². The Morgan fingerprint density at radius 1 is 0.926 bits per heavy atom. The van der Waals surface area contributed by atoms with Crippen LogP contribution in [0.1, 0.15) is 45.1 Å². The van der Waals surface area contributed by atoms with Crippen LogP contribution in [0.15, 0.2) is 73.1 Å². The van der Waals surface area contributed by atoms with Gasteiger partial charge in [-0.1, -0.05) is 42.5 Å². The SMILES string of the molecule is CC(NC(=O)c1cccc(C(=O)NCc2cccnc2)n1)c1ccccc1. The summed E-state index contributed by atoms with van der Waals surface area (Å²) in [4.78, 5) is 33.0. The van der Waals surface area contributed by atoms with Crippen molar-refractivity contribution in [1.82, 2.24) is 20.6 Å². The number of hydrogen-bond donors (Lipinski definition) is 2. The van der Waals surface area contributed by atoms with Crippen molar-refractivity contribution < 1.29 is 9.59 Å². The maximum atomic E-state index is 12.5. The Kier molecular flexibility index (Phi) is 5.89. The lowest BCUT2D eigenvalue weighted by atomic mass is 10.1. The number of carbonyl (C=O) groups excluding carboxylic acids is 2. The molecule has 0 aliphatic heterocycles. The molecule has 0 saturated heterocycles. The van der Waals surface area contributed by atoms with E-state index in [4.69, 9.17) is 0 Å². The highest BCUT2D eigenvalue weighted by molar-refractivity contribution is 5.96. The molecule has 6 heteroatoms. The number of rotatable bonds is 6. The molecule has 2 aromatic heterocycles. The van der Waals surface area contributed by atoms with Crippen molar-refractivity contribution in [3.05, 3.63) is 95.6 Å². The van der Waals surface area contributed by atoms with Crippen LogP contribution in [0.25, 0.3) is 0 Å². The fourth-order valence-electron chi connectivity index (χ4n) is 2.56. The molecule has 2 N–H and O–H groups in total. The molecule has 2 heterocycles. The fraction of sp³-hybridized carbons (Fsp3) is 0.143. The molecule has 3 aromatic rings. The molecule has 0 radical (unpaired) electrons. The Balaban J connectivity index is 1.64. The van der Waals surface area contributed by atoms with Gasteiger partial charge in [0, 0.05) is 18.9 Å². The first-order valence-corrected chi connectivity index (χ1v) is 8.63. The molecule has 6 nitrogen and oxygen atoms in total. The molecule has 2 amide bonds. The lowest BCUT2D eigenvalue weighted by Crippen LogP contribution is -2.29. The van der Waals surface area contributed by atoms with Crippen LogP contribution in [0.3, 0.4) is 0 Å². The Morgan fingerprint density at radius 2 is 1.67 bits per heavy atom. The van der Waals surface area contributed by atoms with Gasteiger partial charge in [0.05, 0.1) is 6.04 Å².